The Hall–Kier alpha value is -0.920. The summed E-state index contributed by atoms with van der Waals surface area (Å²) in [7, 11) is -4.67. The number of carbonyl (C=O) groups is 1. The van der Waals surface area contributed by atoms with E-state index in [9.17, 15) is 4.79 Å². The molecular weight excluding hydrogens is 222 g/mol. The van der Waals surface area contributed by atoms with E-state index in [0.717, 1.165) is 6.54 Å². The Labute approximate surface area is 90.0 Å². The van der Waals surface area contributed by atoms with Crippen molar-refractivity contribution < 1.29 is 22.3 Å². The Bertz CT molecular complexity index is 299. The van der Waals surface area contributed by atoms with Crippen molar-refractivity contribution in [1.29, 1.82) is 0 Å². The molecule has 0 aliphatic rings. The van der Waals surface area contributed by atoms with Crippen molar-refractivity contribution >= 4 is 16.3 Å². The van der Waals surface area contributed by atoms with Crippen LogP contribution < -0.4 is 5.32 Å². The lowest BCUT2D eigenvalue weighted by Gasteiger charge is -2.05. The fourth-order valence-corrected chi connectivity index (χ4v) is 0.448. The average molecular weight is 239 g/mol. The van der Waals surface area contributed by atoms with Crippen molar-refractivity contribution in [1.82, 2.24) is 5.32 Å². The molecule has 0 heterocycles. The zero-order valence-corrected chi connectivity index (χ0v) is 9.84. The number of rotatable bonds is 3. The van der Waals surface area contributed by atoms with Gasteiger partial charge in [-0.05, 0) is 12.8 Å². The third-order valence-corrected chi connectivity index (χ3v) is 1.06. The number of nitrogens with one attached hydrogen (secondary N) is 1. The van der Waals surface area contributed by atoms with E-state index >= 15 is 0 Å². The molecule has 0 aliphatic heterocycles. The number of amides is 1. The summed E-state index contributed by atoms with van der Waals surface area (Å²) in [4.78, 5) is 10.8. The van der Waals surface area contributed by atoms with E-state index in [1.165, 1.54) is 0 Å². The number of carbonyl (C=O) groups excluding carboxylic acids is 1. The van der Waals surface area contributed by atoms with Crippen LogP contribution in [-0.4, -0.2) is 30.0 Å². The molecule has 0 radical (unpaired) electrons. The lowest BCUT2D eigenvalue weighted by Crippen LogP contribution is -2.27. The minimum absolute atomic E-state index is 0.0475. The van der Waals surface area contributed by atoms with Crippen LogP contribution >= 0.6 is 0 Å². The zero-order chi connectivity index (χ0) is 12.6. The molecule has 0 saturated heterocycles. The van der Waals surface area contributed by atoms with Crippen molar-refractivity contribution in [3.63, 3.8) is 0 Å². The van der Waals surface area contributed by atoms with E-state index in [-0.39, 0.29) is 5.91 Å². The summed E-state index contributed by atoms with van der Waals surface area (Å²) < 4.78 is 31.6. The molecule has 0 aliphatic carbocycles. The van der Waals surface area contributed by atoms with Crippen molar-refractivity contribution in [2.24, 2.45) is 5.92 Å². The quantitative estimate of drug-likeness (QED) is 0.496. The summed E-state index contributed by atoms with van der Waals surface area (Å²) >= 11 is 0. The van der Waals surface area contributed by atoms with Crippen LogP contribution in [0.2, 0.25) is 0 Å². The third-order valence-electron chi connectivity index (χ3n) is 1.06. The summed E-state index contributed by atoms with van der Waals surface area (Å²) in [5.74, 6) is 0.456. The summed E-state index contributed by atoms with van der Waals surface area (Å²) in [6.45, 7) is 10.1. The molecule has 0 bridgehead atoms. The lowest BCUT2D eigenvalue weighted by atomic mass is 10.2. The standard InChI is InChI=1S/C8H15NO.H2O4S/c1-6(2)5-9-8(10)7(3)4;1-5(2,3)4/h6H,3,5H2,1-2,4H3,(H,9,10);(H2,1,2,3,4). The molecule has 1 amide bonds. The normalized spacial score (nSPS) is 10.3. The van der Waals surface area contributed by atoms with Gasteiger partial charge in [-0.15, -0.1) is 0 Å². The first kappa shape index (κ1) is 16.5. The molecule has 0 atom stereocenters. The van der Waals surface area contributed by atoms with E-state index in [1.807, 2.05) is 0 Å². The van der Waals surface area contributed by atoms with Gasteiger partial charge in [-0.1, -0.05) is 20.4 Å². The molecule has 0 saturated carbocycles. The number of hydrogen-bond acceptors (Lipinski definition) is 3. The van der Waals surface area contributed by atoms with Crippen LogP contribution in [0.4, 0.5) is 0 Å². The second-order valence-corrected chi connectivity index (χ2v) is 4.23. The maximum atomic E-state index is 10.8. The van der Waals surface area contributed by atoms with Gasteiger partial charge in [0, 0.05) is 12.1 Å². The second-order valence-electron chi connectivity index (χ2n) is 3.33. The fourth-order valence-electron chi connectivity index (χ4n) is 0.448. The maximum absolute atomic E-state index is 10.8. The molecule has 15 heavy (non-hydrogen) atoms. The van der Waals surface area contributed by atoms with Gasteiger partial charge >= 0.3 is 10.4 Å². The van der Waals surface area contributed by atoms with Gasteiger partial charge in [0.05, 0.1) is 0 Å². The highest BCUT2D eigenvalue weighted by molar-refractivity contribution is 7.79. The Morgan fingerprint density at radius 3 is 1.93 bits per heavy atom. The number of hydrogen-bond donors (Lipinski definition) is 3. The summed E-state index contributed by atoms with van der Waals surface area (Å²) in [6, 6.07) is 0. The van der Waals surface area contributed by atoms with Crippen LogP contribution in [0.3, 0.4) is 0 Å². The van der Waals surface area contributed by atoms with E-state index in [0.29, 0.717) is 11.5 Å². The van der Waals surface area contributed by atoms with Crippen LogP contribution in [0.25, 0.3) is 0 Å². The first-order chi connectivity index (χ1) is 6.54. The summed E-state index contributed by atoms with van der Waals surface area (Å²) in [5.41, 5.74) is 0.570. The minimum Gasteiger partial charge on any atom is -0.352 e. The van der Waals surface area contributed by atoms with Gasteiger partial charge in [-0.3, -0.25) is 13.9 Å². The molecule has 0 unspecified atom stereocenters. The van der Waals surface area contributed by atoms with Gasteiger partial charge in [0.25, 0.3) is 0 Å². The molecule has 0 aromatic heterocycles. The largest absolute Gasteiger partial charge is 0.394 e. The molecule has 90 valence electrons. The Morgan fingerprint density at radius 2 is 1.73 bits per heavy atom. The predicted molar refractivity (Wildman–Crippen MR) is 56.8 cm³/mol. The third kappa shape index (κ3) is 24.6. The highest BCUT2D eigenvalue weighted by atomic mass is 32.3. The lowest BCUT2D eigenvalue weighted by molar-refractivity contribution is -0.117. The van der Waals surface area contributed by atoms with Gasteiger partial charge < -0.3 is 5.32 Å². The van der Waals surface area contributed by atoms with Crippen LogP contribution in [0, 0.1) is 5.92 Å². The van der Waals surface area contributed by atoms with Crippen molar-refractivity contribution in [3.05, 3.63) is 12.2 Å². The van der Waals surface area contributed by atoms with E-state index in [2.05, 4.69) is 25.7 Å². The Morgan fingerprint density at radius 1 is 1.40 bits per heavy atom. The molecular formula is C8H17NO5S. The van der Waals surface area contributed by atoms with E-state index in [4.69, 9.17) is 17.5 Å². The van der Waals surface area contributed by atoms with Gasteiger partial charge in [0.15, 0.2) is 0 Å². The molecule has 6 nitrogen and oxygen atoms in total. The van der Waals surface area contributed by atoms with Crippen molar-refractivity contribution in [3.8, 4) is 0 Å². The molecule has 0 aromatic rings. The van der Waals surface area contributed by atoms with Crippen LogP contribution in [0.1, 0.15) is 20.8 Å². The second kappa shape index (κ2) is 7.38. The SMILES string of the molecule is C=C(C)C(=O)NCC(C)C.O=S(=O)(O)O. The predicted octanol–water partition coefficient (Wildman–Crippen LogP) is 0.682. The topological polar surface area (TPSA) is 104 Å². The fraction of sp³-hybridized carbons (Fsp3) is 0.625. The highest BCUT2D eigenvalue weighted by Gasteiger charge is 2.00. The first-order valence-corrected chi connectivity index (χ1v) is 5.57. The van der Waals surface area contributed by atoms with E-state index in [1.54, 1.807) is 6.92 Å². The smallest absolute Gasteiger partial charge is 0.352 e. The van der Waals surface area contributed by atoms with Gasteiger partial charge in [-0.2, -0.15) is 8.42 Å². The van der Waals surface area contributed by atoms with E-state index < -0.39 is 10.4 Å². The molecule has 7 heteroatoms. The Balaban J connectivity index is 0. The molecule has 0 rings (SSSR count). The molecule has 0 fully saturated rings. The maximum Gasteiger partial charge on any atom is 0.394 e. The summed E-state index contributed by atoms with van der Waals surface area (Å²) in [5, 5.41) is 2.74. The monoisotopic (exact) mass is 239 g/mol. The van der Waals surface area contributed by atoms with Crippen molar-refractivity contribution in [2.45, 2.75) is 20.8 Å². The van der Waals surface area contributed by atoms with Gasteiger partial charge in [0.2, 0.25) is 5.91 Å². The first-order valence-electron chi connectivity index (χ1n) is 4.17. The average Bonchev–Trinajstić information content (AvgIpc) is 1.96. The zero-order valence-electron chi connectivity index (χ0n) is 9.02. The van der Waals surface area contributed by atoms with Crippen LogP contribution in [0.5, 0.6) is 0 Å². The molecule has 0 spiro atoms. The summed E-state index contributed by atoms with van der Waals surface area (Å²) in [6.07, 6.45) is 0. The molecule has 0 aromatic carbocycles. The minimum atomic E-state index is -4.67. The van der Waals surface area contributed by atoms with Crippen molar-refractivity contribution in [2.75, 3.05) is 6.54 Å². The van der Waals surface area contributed by atoms with Crippen LogP contribution in [0.15, 0.2) is 12.2 Å². The highest BCUT2D eigenvalue weighted by Crippen LogP contribution is 1.90. The Kier molecular flexibility index (Phi) is 8.12. The van der Waals surface area contributed by atoms with Crippen LogP contribution in [-0.2, 0) is 15.2 Å². The van der Waals surface area contributed by atoms with Gasteiger partial charge in [-0.25, -0.2) is 0 Å². The van der Waals surface area contributed by atoms with Gasteiger partial charge in [0.1, 0.15) is 0 Å². The molecule has 3 N–H and O–H groups in total.